The number of hydrogen-bond donors (Lipinski definition) is 1. The van der Waals surface area contributed by atoms with Crippen LogP contribution < -0.4 is 5.32 Å². The topological polar surface area (TPSA) is 26.2 Å². The summed E-state index contributed by atoms with van der Waals surface area (Å²) in [6.07, 6.45) is 10.0. The van der Waals surface area contributed by atoms with Gasteiger partial charge < -0.3 is 14.6 Å². The van der Waals surface area contributed by atoms with E-state index >= 15 is 0 Å². The van der Waals surface area contributed by atoms with Gasteiger partial charge in [0.1, 0.15) is 0 Å². The molecule has 0 spiro atoms. The van der Waals surface area contributed by atoms with Gasteiger partial charge >= 0.3 is 0 Å². The Morgan fingerprint density at radius 2 is 2.31 bits per heavy atom. The Balaban J connectivity index is 1.50. The number of nitrogens with zero attached hydrogens (tertiary/aromatic N) is 1. The van der Waals surface area contributed by atoms with Crippen LogP contribution in [-0.4, -0.2) is 23.3 Å². The van der Waals surface area contributed by atoms with Gasteiger partial charge in [0.25, 0.3) is 0 Å². The summed E-state index contributed by atoms with van der Waals surface area (Å²) in [6.45, 7) is 2.98. The molecule has 1 saturated heterocycles. The average molecular weight is 220 g/mol. The minimum Gasteiger partial charge on any atom is -0.376 e. The molecular formula is C13H20N2O. The molecule has 3 heteroatoms. The number of ether oxygens (including phenoxy) is 1. The van der Waals surface area contributed by atoms with Gasteiger partial charge in [-0.15, -0.1) is 0 Å². The molecule has 3 rings (SSSR count). The maximum atomic E-state index is 5.64. The van der Waals surface area contributed by atoms with Crippen molar-refractivity contribution in [2.45, 2.75) is 50.9 Å². The molecule has 1 aromatic heterocycles. The summed E-state index contributed by atoms with van der Waals surface area (Å²) in [4.78, 5) is 0. The van der Waals surface area contributed by atoms with Crippen LogP contribution in [0.5, 0.6) is 0 Å². The molecular weight excluding hydrogens is 200 g/mol. The maximum Gasteiger partial charge on any atom is 0.0754 e. The van der Waals surface area contributed by atoms with Crippen LogP contribution in [0.4, 0.5) is 0 Å². The minimum atomic E-state index is 0.441. The monoisotopic (exact) mass is 220 g/mol. The van der Waals surface area contributed by atoms with Crippen molar-refractivity contribution in [3.8, 4) is 0 Å². The predicted molar refractivity (Wildman–Crippen MR) is 63.3 cm³/mol. The van der Waals surface area contributed by atoms with Crippen LogP contribution in [-0.2, 0) is 17.8 Å². The normalized spacial score (nSPS) is 25.1. The smallest absolute Gasteiger partial charge is 0.0754 e. The fourth-order valence-corrected chi connectivity index (χ4v) is 2.28. The molecule has 1 N–H and O–H groups in total. The quantitative estimate of drug-likeness (QED) is 0.820. The van der Waals surface area contributed by atoms with Gasteiger partial charge in [0.15, 0.2) is 0 Å². The van der Waals surface area contributed by atoms with Crippen molar-refractivity contribution in [2.75, 3.05) is 6.61 Å². The van der Waals surface area contributed by atoms with Gasteiger partial charge in [-0.1, -0.05) is 0 Å². The zero-order valence-corrected chi connectivity index (χ0v) is 9.69. The molecule has 0 radical (unpaired) electrons. The highest BCUT2D eigenvalue weighted by atomic mass is 16.5. The third kappa shape index (κ3) is 2.66. The Kier molecular flexibility index (Phi) is 2.98. The van der Waals surface area contributed by atoms with E-state index < -0.39 is 0 Å². The van der Waals surface area contributed by atoms with Gasteiger partial charge in [0, 0.05) is 38.1 Å². The second kappa shape index (κ2) is 4.60. The van der Waals surface area contributed by atoms with Crippen LogP contribution in [0.2, 0.25) is 0 Å². The summed E-state index contributed by atoms with van der Waals surface area (Å²) in [5.74, 6) is 0. The van der Waals surface area contributed by atoms with E-state index in [-0.39, 0.29) is 0 Å². The van der Waals surface area contributed by atoms with Gasteiger partial charge in [-0.25, -0.2) is 0 Å². The van der Waals surface area contributed by atoms with Crippen LogP contribution in [0.25, 0.3) is 0 Å². The molecule has 1 aliphatic heterocycles. The largest absolute Gasteiger partial charge is 0.376 e. The molecule has 16 heavy (non-hydrogen) atoms. The van der Waals surface area contributed by atoms with Crippen molar-refractivity contribution >= 4 is 0 Å². The highest BCUT2D eigenvalue weighted by Gasteiger charge is 2.20. The molecule has 1 aliphatic carbocycles. The summed E-state index contributed by atoms with van der Waals surface area (Å²) < 4.78 is 7.90. The Hall–Kier alpha value is -0.800. The van der Waals surface area contributed by atoms with E-state index in [1.54, 1.807) is 0 Å². The first-order chi connectivity index (χ1) is 7.90. The second-order valence-corrected chi connectivity index (χ2v) is 5.01. The van der Waals surface area contributed by atoms with E-state index in [4.69, 9.17) is 4.74 Å². The van der Waals surface area contributed by atoms with E-state index in [0.29, 0.717) is 6.10 Å². The van der Waals surface area contributed by atoms with Crippen molar-refractivity contribution in [2.24, 2.45) is 0 Å². The lowest BCUT2D eigenvalue weighted by Gasteiger charge is -2.09. The molecule has 3 nitrogen and oxygen atoms in total. The highest BCUT2D eigenvalue weighted by molar-refractivity contribution is 5.10. The molecule has 0 aromatic carbocycles. The molecule has 1 atom stereocenters. The summed E-state index contributed by atoms with van der Waals surface area (Å²) in [5, 5.41) is 3.54. The molecule has 1 unspecified atom stereocenters. The molecule has 2 aliphatic rings. The third-order valence-corrected chi connectivity index (χ3v) is 3.42. The van der Waals surface area contributed by atoms with E-state index in [1.807, 2.05) is 0 Å². The Morgan fingerprint density at radius 1 is 1.38 bits per heavy atom. The first-order valence-electron chi connectivity index (χ1n) is 6.40. The van der Waals surface area contributed by atoms with E-state index in [1.165, 1.54) is 31.2 Å². The highest BCUT2D eigenvalue weighted by Crippen LogP contribution is 2.19. The van der Waals surface area contributed by atoms with Crippen molar-refractivity contribution < 1.29 is 4.74 Å². The first-order valence-corrected chi connectivity index (χ1v) is 6.40. The number of aromatic nitrogens is 1. The fourth-order valence-electron chi connectivity index (χ4n) is 2.28. The lowest BCUT2D eigenvalue weighted by molar-refractivity contribution is 0.0971. The van der Waals surface area contributed by atoms with Crippen molar-refractivity contribution in [3.63, 3.8) is 0 Å². The zero-order valence-electron chi connectivity index (χ0n) is 9.69. The minimum absolute atomic E-state index is 0.441. The Bertz CT molecular complexity index is 337. The van der Waals surface area contributed by atoms with Crippen molar-refractivity contribution in [1.29, 1.82) is 0 Å². The molecule has 2 fully saturated rings. The van der Waals surface area contributed by atoms with Crippen LogP contribution in [0.1, 0.15) is 31.2 Å². The summed E-state index contributed by atoms with van der Waals surface area (Å²) in [7, 11) is 0. The molecule has 0 amide bonds. The van der Waals surface area contributed by atoms with Crippen LogP contribution in [0.3, 0.4) is 0 Å². The van der Waals surface area contributed by atoms with E-state index in [0.717, 1.165) is 25.7 Å². The van der Waals surface area contributed by atoms with Gasteiger partial charge in [-0.3, -0.25) is 0 Å². The molecule has 1 saturated carbocycles. The predicted octanol–water partition coefficient (Wildman–Crippen LogP) is 1.92. The molecule has 2 heterocycles. The van der Waals surface area contributed by atoms with E-state index in [2.05, 4.69) is 28.3 Å². The van der Waals surface area contributed by atoms with Crippen molar-refractivity contribution in [1.82, 2.24) is 9.88 Å². The molecule has 1 aromatic rings. The standard InChI is InChI=1S/C13H20N2O/c1-2-13(16-7-1)10-15-6-5-11(9-15)8-14-12-3-4-12/h5-6,9,12-14H,1-4,7-8,10H2. The Morgan fingerprint density at radius 3 is 3.06 bits per heavy atom. The summed E-state index contributed by atoms with van der Waals surface area (Å²) in [5.41, 5.74) is 1.39. The zero-order chi connectivity index (χ0) is 10.8. The summed E-state index contributed by atoms with van der Waals surface area (Å²) in [6, 6.07) is 3.01. The van der Waals surface area contributed by atoms with Gasteiger partial charge in [-0.05, 0) is 37.3 Å². The SMILES string of the molecule is c1cn(CC2CCCO2)cc1CNC1CC1. The fraction of sp³-hybridized carbons (Fsp3) is 0.692. The molecule has 88 valence electrons. The first kappa shape index (κ1) is 10.4. The lowest BCUT2D eigenvalue weighted by Crippen LogP contribution is -2.15. The van der Waals surface area contributed by atoms with Gasteiger partial charge in [-0.2, -0.15) is 0 Å². The summed E-state index contributed by atoms with van der Waals surface area (Å²) >= 11 is 0. The molecule has 0 bridgehead atoms. The second-order valence-electron chi connectivity index (χ2n) is 5.01. The number of nitrogens with one attached hydrogen (secondary N) is 1. The van der Waals surface area contributed by atoms with E-state index in [9.17, 15) is 0 Å². The number of rotatable bonds is 5. The lowest BCUT2D eigenvalue weighted by atomic mass is 10.2. The van der Waals surface area contributed by atoms with Gasteiger partial charge in [0.2, 0.25) is 0 Å². The maximum absolute atomic E-state index is 5.64. The third-order valence-electron chi connectivity index (χ3n) is 3.42. The Labute approximate surface area is 96.8 Å². The van der Waals surface area contributed by atoms with Crippen LogP contribution >= 0.6 is 0 Å². The average Bonchev–Trinajstić information content (AvgIpc) is 2.78. The van der Waals surface area contributed by atoms with Crippen LogP contribution in [0, 0.1) is 0 Å². The number of hydrogen-bond acceptors (Lipinski definition) is 2. The van der Waals surface area contributed by atoms with Gasteiger partial charge in [0.05, 0.1) is 6.10 Å². The van der Waals surface area contributed by atoms with Crippen LogP contribution in [0.15, 0.2) is 18.5 Å². The van der Waals surface area contributed by atoms with Crippen molar-refractivity contribution in [3.05, 3.63) is 24.0 Å².